The lowest BCUT2D eigenvalue weighted by Crippen LogP contribution is -2.08. The SMILES string of the molecule is COc1ccc(/C=C/C(=O)Nc2ccc([N+](=O)[O-])cc2Br)cc1. The second-order valence-electron chi connectivity index (χ2n) is 4.52. The van der Waals surface area contributed by atoms with Gasteiger partial charge < -0.3 is 10.1 Å². The molecule has 0 fully saturated rings. The highest BCUT2D eigenvalue weighted by Gasteiger charge is 2.10. The van der Waals surface area contributed by atoms with E-state index in [1.54, 1.807) is 25.3 Å². The largest absolute Gasteiger partial charge is 0.497 e. The molecule has 1 N–H and O–H groups in total. The molecule has 0 aliphatic heterocycles. The molecule has 2 aromatic carbocycles. The zero-order valence-electron chi connectivity index (χ0n) is 12.2. The summed E-state index contributed by atoms with van der Waals surface area (Å²) in [5.41, 5.74) is 1.26. The van der Waals surface area contributed by atoms with Crippen molar-refractivity contribution in [1.29, 1.82) is 0 Å². The predicted molar refractivity (Wildman–Crippen MR) is 91.5 cm³/mol. The Bertz CT molecular complexity index is 757. The van der Waals surface area contributed by atoms with Gasteiger partial charge in [-0.3, -0.25) is 14.9 Å². The van der Waals surface area contributed by atoms with E-state index in [1.165, 1.54) is 24.3 Å². The fourth-order valence-corrected chi connectivity index (χ4v) is 2.25. The number of anilines is 1. The molecule has 7 heteroatoms. The third-order valence-electron chi connectivity index (χ3n) is 2.96. The van der Waals surface area contributed by atoms with E-state index in [9.17, 15) is 14.9 Å². The van der Waals surface area contributed by atoms with Crippen LogP contribution in [0.15, 0.2) is 53.0 Å². The topological polar surface area (TPSA) is 81.5 Å². The smallest absolute Gasteiger partial charge is 0.270 e. The van der Waals surface area contributed by atoms with E-state index in [2.05, 4.69) is 21.2 Å². The van der Waals surface area contributed by atoms with Crippen LogP contribution in [0.4, 0.5) is 11.4 Å². The lowest BCUT2D eigenvalue weighted by Gasteiger charge is -2.04. The molecule has 118 valence electrons. The van der Waals surface area contributed by atoms with Crippen molar-refractivity contribution in [3.05, 3.63) is 68.7 Å². The van der Waals surface area contributed by atoms with Crippen LogP contribution in [0.5, 0.6) is 5.75 Å². The number of amides is 1. The number of carbonyl (C=O) groups excluding carboxylic acids is 1. The monoisotopic (exact) mass is 376 g/mol. The Kier molecular flexibility index (Phi) is 5.48. The van der Waals surface area contributed by atoms with Crippen molar-refractivity contribution in [3.8, 4) is 5.75 Å². The van der Waals surface area contributed by atoms with Crippen LogP contribution in [0.3, 0.4) is 0 Å². The van der Waals surface area contributed by atoms with Crippen LogP contribution >= 0.6 is 15.9 Å². The van der Waals surface area contributed by atoms with Gasteiger partial charge in [0.25, 0.3) is 5.69 Å². The van der Waals surface area contributed by atoms with Gasteiger partial charge in [0.15, 0.2) is 0 Å². The average molecular weight is 377 g/mol. The van der Waals surface area contributed by atoms with Crippen LogP contribution in [-0.2, 0) is 4.79 Å². The summed E-state index contributed by atoms with van der Waals surface area (Å²) in [5, 5.41) is 13.3. The van der Waals surface area contributed by atoms with Crippen molar-refractivity contribution >= 4 is 39.3 Å². The maximum absolute atomic E-state index is 11.9. The molecule has 23 heavy (non-hydrogen) atoms. The molecule has 6 nitrogen and oxygen atoms in total. The minimum absolute atomic E-state index is 0.0522. The predicted octanol–water partition coefficient (Wildman–Crippen LogP) is 4.02. The van der Waals surface area contributed by atoms with E-state index in [-0.39, 0.29) is 11.6 Å². The number of halogens is 1. The molecule has 0 atom stereocenters. The summed E-state index contributed by atoms with van der Waals surface area (Å²) in [6, 6.07) is 11.4. The molecule has 2 aromatic rings. The first-order valence-electron chi connectivity index (χ1n) is 6.56. The molecule has 0 radical (unpaired) electrons. The number of hydrogen-bond donors (Lipinski definition) is 1. The molecule has 0 saturated heterocycles. The van der Waals surface area contributed by atoms with E-state index in [4.69, 9.17) is 4.74 Å². The summed E-state index contributed by atoms with van der Waals surface area (Å²) in [6.07, 6.45) is 3.05. The summed E-state index contributed by atoms with van der Waals surface area (Å²) in [4.78, 5) is 22.1. The molecule has 0 aliphatic carbocycles. The molecule has 0 unspecified atom stereocenters. The van der Waals surface area contributed by atoms with Crippen LogP contribution in [0.25, 0.3) is 6.08 Å². The highest BCUT2D eigenvalue weighted by atomic mass is 79.9. The molecule has 0 heterocycles. The molecule has 2 rings (SSSR count). The molecule has 0 spiro atoms. The summed E-state index contributed by atoms with van der Waals surface area (Å²) in [5.74, 6) is 0.400. The van der Waals surface area contributed by atoms with Crippen molar-refractivity contribution in [2.24, 2.45) is 0 Å². The molecule has 0 saturated carbocycles. The normalized spacial score (nSPS) is 10.5. The first-order chi connectivity index (χ1) is 11.0. The Morgan fingerprint density at radius 3 is 2.52 bits per heavy atom. The number of nitrogens with zero attached hydrogens (tertiary/aromatic N) is 1. The van der Waals surface area contributed by atoms with Crippen LogP contribution in [0.2, 0.25) is 0 Å². The van der Waals surface area contributed by atoms with Gasteiger partial charge >= 0.3 is 0 Å². The average Bonchev–Trinajstić information content (AvgIpc) is 2.55. The first kappa shape index (κ1) is 16.7. The number of carbonyl (C=O) groups is 1. The third-order valence-corrected chi connectivity index (χ3v) is 3.62. The van der Waals surface area contributed by atoms with Crippen molar-refractivity contribution in [2.75, 3.05) is 12.4 Å². The van der Waals surface area contributed by atoms with Crippen LogP contribution in [0.1, 0.15) is 5.56 Å². The van der Waals surface area contributed by atoms with Crippen LogP contribution in [-0.4, -0.2) is 17.9 Å². The van der Waals surface area contributed by atoms with Gasteiger partial charge in [-0.25, -0.2) is 0 Å². The minimum atomic E-state index is -0.500. The van der Waals surface area contributed by atoms with E-state index in [0.717, 1.165) is 11.3 Å². The number of methoxy groups -OCH3 is 1. The lowest BCUT2D eigenvalue weighted by atomic mass is 10.2. The number of non-ortho nitro benzene ring substituents is 1. The maximum atomic E-state index is 11.9. The summed E-state index contributed by atoms with van der Waals surface area (Å²) in [7, 11) is 1.58. The molecule has 0 aliphatic rings. The number of nitro benzene ring substituents is 1. The quantitative estimate of drug-likeness (QED) is 0.485. The van der Waals surface area contributed by atoms with Gasteiger partial charge in [0.05, 0.1) is 17.7 Å². The van der Waals surface area contributed by atoms with E-state index >= 15 is 0 Å². The number of rotatable bonds is 5. The second kappa shape index (κ2) is 7.55. The Hall–Kier alpha value is -2.67. The third kappa shape index (κ3) is 4.65. The first-order valence-corrected chi connectivity index (χ1v) is 7.36. The summed E-state index contributed by atoms with van der Waals surface area (Å²) in [6.45, 7) is 0. The molecular weight excluding hydrogens is 364 g/mol. The zero-order valence-corrected chi connectivity index (χ0v) is 13.7. The van der Waals surface area contributed by atoms with Gasteiger partial charge in [0, 0.05) is 22.7 Å². The number of nitro groups is 1. The van der Waals surface area contributed by atoms with E-state index < -0.39 is 4.92 Å². The second-order valence-corrected chi connectivity index (χ2v) is 5.37. The molecule has 0 aromatic heterocycles. The minimum Gasteiger partial charge on any atom is -0.497 e. The maximum Gasteiger partial charge on any atom is 0.270 e. The highest BCUT2D eigenvalue weighted by molar-refractivity contribution is 9.10. The van der Waals surface area contributed by atoms with Crippen molar-refractivity contribution < 1.29 is 14.5 Å². The lowest BCUT2D eigenvalue weighted by molar-refractivity contribution is -0.384. The zero-order chi connectivity index (χ0) is 16.8. The van der Waals surface area contributed by atoms with Gasteiger partial charge in [-0.1, -0.05) is 12.1 Å². The van der Waals surface area contributed by atoms with Gasteiger partial charge in [-0.15, -0.1) is 0 Å². The van der Waals surface area contributed by atoms with E-state index in [0.29, 0.717) is 10.2 Å². The number of nitrogens with one attached hydrogen (secondary N) is 1. The van der Waals surface area contributed by atoms with Crippen LogP contribution < -0.4 is 10.1 Å². The fourth-order valence-electron chi connectivity index (χ4n) is 1.78. The number of benzene rings is 2. The van der Waals surface area contributed by atoms with Crippen LogP contribution in [0, 0.1) is 10.1 Å². The summed E-state index contributed by atoms with van der Waals surface area (Å²) < 4.78 is 5.50. The van der Waals surface area contributed by atoms with Crippen molar-refractivity contribution in [2.45, 2.75) is 0 Å². The fraction of sp³-hybridized carbons (Fsp3) is 0.0625. The van der Waals surface area contributed by atoms with Gasteiger partial charge in [0.1, 0.15) is 5.75 Å². The number of ether oxygens (including phenoxy) is 1. The van der Waals surface area contributed by atoms with Gasteiger partial charge in [-0.2, -0.15) is 0 Å². The van der Waals surface area contributed by atoms with Crippen molar-refractivity contribution in [3.63, 3.8) is 0 Å². The van der Waals surface area contributed by atoms with Crippen molar-refractivity contribution in [1.82, 2.24) is 0 Å². The number of hydrogen-bond acceptors (Lipinski definition) is 4. The Labute approximate surface area is 141 Å². The summed E-state index contributed by atoms with van der Waals surface area (Å²) >= 11 is 3.20. The Balaban J connectivity index is 2.04. The Morgan fingerprint density at radius 1 is 1.26 bits per heavy atom. The highest BCUT2D eigenvalue weighted by Crippen LogP contribution is 2.27. The molecular formula is C16H13BrN2O4. The molecule has 0 bridgehead atoms. The van der Waals surface area contributed by atoms with Gasteiger partial charge in [-0.05, 0) is 45.8 Å². The van der Waals surface area contributed by atoms with E-state index in [1.807, 2.05) is 12.1 Å². The molecule has 1 amide bonds. The Morgan fingerprint density at radius 2 is 1.96 bits per heavy atom. The van der Waals surface area contributed by atoms with Gasteiger partial charge in [0.2, 0.25) is 5.91 Å². The standard InChI is InChI=1S/C16H13BrN2O4/c1-23-13-6-2-11(3-7-13)4-9-16(20)18-15-8-5-12(19(21)22)10-14(15)17/h2-10H,1H3,(H,18,20)/b9-4+.